The number of thiazole rings is 1. The highest BCUT2D eigenvalue weighted by molar-refractivity contribution is 7.13. The molecule has 1 fully saturated rings. The third-order valence-corrected chi connectivity index (χ3v) is 5.74. The van der Waals surface area contributed by atoms with E-state index in [1.807, 2.05) is 24.6 Å². The molecule has 3 rings (SSSR count). The number of rotatable bonds is 6. The molecule has 0 radical (unpaired) electrons. The predicted molar refractivity (Wildman–Crippen MR) is 107 cm³/mol. The maximum Gasteiger partial charge on any atom is 0.243 e. The molecule has 1 aromatic carbocycles. The van der Waals surface area contributed by atoms with E-state index in [1.165, 1.54) is 4.88 Å². The number of nitrogens with zero attached hydrogens (tertiary/aromatic N) is 2. The van der Waals surface area contributed by atoms with Gasteiger partial charge >= 0.3 is 0 Å². The summed E-state index contributed by atoms with van der Waals surface area (Å²) >= 11 is 1.63. The van der Waals surface area contributed by atoms with Crippen LogP contribution in [0.15, 0.2) is 29.8 Å². The van der Waals surface area contributed by atoms with E-state index < -0.39 is 0 Å². The molecule has 0 spiro atoms. The van der Waals surface area contributed by atoms with E-state index in [-0.39, 0.29) is 24.4 Å². The molecule has 2 N–H and O–H groups in total. The summed E-state index contributed by atoms with van der Waals surface area (Å²) in [6.45, 7) is 3.33. The Balaban J connectivity index is 1.57. The van der Waals surface area contributed by atoms with Crippen molar-refractivity contribution in [1.82, 2.24) is 20.3 Å². The number of likely N-dealkylation sites (tertiary alicyclic amines) is 1. The van der Waals surface area contributed by atoms with E-state index in [1.54, 1.807) is 16.2 Å². The molecule has 0 saturated carbocycles. The van der Waals surface area contributed by atoms with Crippen LogP contribution in [0.4, 0.5) is 0 Å². The topological polar surface area (TPSA) is 74.3 Å². The van der Waals surface area contributed by atoms with Crippen LogP contribution in [0.2, 0.25) is 0 Å². The highest BCUT2D eigenvalue weighted by atomic mass is 32.1. The Bertz CT molecular complexity index is 778. The van der Waals surface area contributed by atoms with Crippen molar-refractivity contribution in [3.05, 3.63) is 41.0 Å². The van der Waals surface area contributed by atoms with Gasteiger partial charge in [-0.2, -0.15) is 0 Å². The lowest BCUT2D eigenvalue weighted by atomic mass is 10.1. The van der Waals surface area contributed by atoms with Crippen LogP contribution in [-0.2, 0) is 16.1 Å². The fourth-order valence-corrected chi connectivity index (χ4v) is 4.17. The predicted octanol–water partition coefficient (Wildman–Crippen LogP) is 2.11. The van der Waals surface area contributed by atoms with Crippen LogP contribution in [0, 0.1) is 6.92 Å². The summed E-state index contributed by atoms with van der Waals surface area (Å²) in [4.78, 5) is 31.7. The van der Waals surface area contributed by atoms with Crippen LogP contribution in [-0.4, -0.2) is 40.8 Å². The molecule has 0 aliphatic carbocycles. The Morgan fingerprint density at radius 2 is 2.12 bits per heavy atom. The molecular weight excluding hydrogens is 367 g/mol. The van der Waals surface area contributed by atoms with Crippen molar-refractivity contribution in [3.63, 3.8) is 0 Å². The second-order valence-corrected chi connectivity index (χ2v) is 7.57. The first-order valence-electron chi connectivity index (χ1n) is 8.60. The van der Waals surface area contributed by atoms with Crippen molar-refractivity contribution in [1.29, 1.82) is 0 Å². The van der Waals surface area contributed by atoms with Crippen LogP contribution in [0.3, 0.4) is 0 Å². The average Bonchev–Trinajstić information content (AvgIpc) is 3.29. The summed E-state index contributed by atoms with van der Waals surface area (Å²) in [7, 11) is 2.32. The first kappa shape index (κ1) is 19.0. The lowest BCUT2D eigenvalue weighted by molar-refractivity contribution is -0.137. The minimum absolute atomic E-state index is 0.0399. The molecule has 1 aromatic heterocycles. The Morgan fingerprint density at radius 1 is 1.35 bits per heavy atom. The van der Waals surface area contributed by atoms with Crippen molar-refractivity contribution in [2.75, 3.05) is 13.1 Å². The Morgan fingerprint density at radius 3 is 2.77 bits per heavy atom. The number of amides is 2. The van der Waals surface area contributed by atoms with Crippen molar-refractivity contribution < 1.29 is 9.59 Å². The molecular formula is C18H23N4O2PS. The molecule has 2 unspecified atom stereocenters. The number of aromatic nitrogens is 1. The lowest BCUT2D eigenvalue weighted by Crippen LogP contribution is -2.47. The maximum absolute atomic E-state index is 12.5. The van der Waals surface area contributed by atoms with Gasteiger partial charge in [0.05, 0.1) is 22.6 Å². The quantitative estimate of drug-likeness (QED) is 0.741. The highest BCUT2D eigenvalue weighted by Crippen LogP contribution is 2.27. The van der Waals surface area contributed by atoms with Crippen LogP contribution < -0.4 is 10.4 Å². The lowest BCUT2D eigenvalue weighted by Gasteiger charge is -2.23. The van der Waals surface area contributed by atoms with Crippen LogP contribution >= 0.6 is 20.7 Å². The zero-order chi connectivity index (χ0) is 18.5. The average molecular weight is 390 g/mol. The summed E-state index contributed by atoms with van der Waals surface area (Å²) in [5.41, 5.74) is 5.05. The van der Waals surface area contributed by atoms with Gasteiger partial charge in [-0.25, -0.2) is 4.98 Å². The van der Waals surface area contributed by atoms with Gasteiger partial charge in [-0.3, -0.25) is 14.7 Å². The molecule has 2 heterocycles. The summed E-state index contributed by atoms with van der Waals surface area (Å²) in [5, 5.41) is 5.74. The van der Waals surface area contributed by atoms with Gasteiger partial charge in [-0.1, -0.05) is 33.7 Å². The number of aryl methyl sites for hydroxylation is 1. The maximum atomic E-state index is 12.5. The van der Waals surface area contributed by atoms with Gasteiger partial charge in [-0.15, -0.1) is 11.3 Å². The summed E-state index contributed by atoms with van der Waals surface area (Å²) in [6, 6.07) is 7.78. The summed E-state index contributed by atoms with van der Waals surface area (Å²) < 4.78 is 0. The van der Waals surface area contributed by atoms with Crippen molar-refractivity contribution in [2.24, 2.45) is 0 Å². The third-order valence-electron chi connectivity index (χ3n) is 4.56. The van der Waals surface area contributed by atoms with E-state index in [2.05, 4.69) is 36.9 Å². The monoisotopic (exact) mass is 390 g/mol. The first-order chi connectivity index (χ1) is 12.6. The van der Waals surface area contributed by atoms with Gasteiger partial charge in [0.25, 0.3) is 0 Å². The third kappa shape index (κ3) is 4.29. The van der Waals surface area contributed by atoms with Crippen molar-refractivity contribution in [2.45, 2.75) is 32.4 Å². The molecule has 138 valence electrons. The summed E-state index contributed by atoms with van der Waals surface area (Å²) in [5.74, 6) is -0.121. The van der Waals surface area contributed by atoms with Crippen molar-refractivity contribution in [3.8, 4) is 10.4 Å². The molecule has 1 aliphatic heterocycles. The zero-order valence-electron chi connectivity index (χ0n) is 14.7. The van der Waals surface area contributed by atoms with Crippen LogP contribution in [0.5, 0.6) is 0 Å². The molecule has 26 heavy (non-hydrogen) atoms. The van der Waals surface area contributed by atoms with Crippen molar-refractivity contribution >= 4 is 32.5 Å². The second kappa shape index (κ2) is 8.71. The van der Waals surface area contributed by atoms with E-state index in [0.717, 1.165) is 29.7 Å². The molecule has 2 aromatic rings. The van der Waals surface area contributed by atoms with Crippen LogP contribution in [0.25, 0.3) is 10.4 Å². The fraction of sp³-hybridized carbons (Fsp3) is 0.389. The number of nitrogens with one attached hydrogen (secondary N) is 2. The first-order valence-corrected chi connectivity index (χ1v) is 10.1. The number of carbonyl (C=O) groups excluding carboxylic acids is 2. The molecule has 6 nitrogen and oxygen atoms in total. The van der Waals surface area contributed by atoms with Gasteiger partial charge in [0.1, 0.15) is 6.04 Å². The Kier molecular flexibility index (Phi) is 6.35. The van der Waals surface area contributed by atoms with Gasteiger partial charge in [0.2, 0.25) is 11.8 Å². The molecule has 2 atom stereocenters. The zero-order valence-corrected chi connectivity index (χ0v) is 16.7. The normalized spacial score (nSPS) is 16.7. The summed E-state index contributed by atoms with van der Waals surface area (Å²) in [6.07, 6.45) is 1.58. The molecule has 1 aliphatic rings. The molecule has 2 amide bonds. The second-order valence-electron chi connectivity index (χ2n) is 6.31. The SMILES string of the molecule is Cc1ncsc1-c1ccc(CNC(=O)C2CCCN2C(=O)CNP)cc1. The highest BCUT2D eigenvalue weighted by Gasteiger charge is 2.33. The van der Waals surface area contributed by atoms with Gasteiger partial charge in [0.15, 0.2) is 0 Å². The minimum Gasteiger partial charge on any atom is -0.350 e. The van der Waals surface area contributed by atoms with Gasteiger partial charge in [0, 0.05) is 13.1 Å². The van der Waals surface area contributed by atoms with Crippen LogP contribution in [0.1, 0.15) is 24.1 Å². The van der Waals surface area contributed by atoms with E-state index in [4.69, 9.17) is 0 Å². The van der Waals surface area contributed by atoms with Gasteiger partial charge in [-0.05, 0) is 30.9 Å². The van der Waals surface area contributed by atoms with E-state index in [0.29, 0.717) is 13.1 Å². The van der Waals surface area contributed by atoms with Gasteiger partial charge < -0.3 is 10.2 Å². The molecule has 0 bridgehead atoms. The Labute approximate surface area is 159 Å². The fourth-order valence-electron chi connectivity index (χ4n) is 3.19. The Hall–Kier alpha value is -1.82. The minimum atomic E-state index is -0.361. The number of hydrogen-bond donors (Lipinski definition) is 2. The molecule has 1 saturated heterocycles. The number of hydrogen-bond acceptors (Lipinski definition) is 5. The smallest absolute Gasteiger partial charge is 0.243 e. The number of carbonyl (C=O) groups is 2. The molecule has 8 heteroatoms. The van der Waals surface area contributed by atoms with E-state index in [9.17, 15) is 9.59 Å². The standard InChI is InChI=1S/C18H23N4O2PS/c1-12-17(26-11-20-12)14-6-4-13(5-7-14)9-19-18(24)15-3-2-8-22(15)16(23)10-21-25/h4-7,11,15,21H,2-3,8-10,25H2,1H3,(H,19,24). The number of benzene rings is 1. The van der Waals surface area contributed by atoms with E-state index >= 15 is 0 Å². The largest absolute Gasteiger partial charge is 0.350 e.